The van der Waals surface area contributed by atoms with Crippen LogP contribution in [0.5, 0.6) is 0 Å². The highest BCUT2D eigenvalue weighted by Gasteiger charge is 2.08. The van der Waals surface area contributed by atoms with Gasteiger partial charge in [0.2, 0.25) is 0 Å². The first kappa shape index (κ1) is 13.5. The van der Waals surface area contributed by atoms with E-state index >= 15 is 0 Å². The Morgan fingerprint density at radius 1 is 1.53 bits per heavy atom. The van der Waals surface area contributed by atoms with Crippen LogP contribution in [0.15, 0.2) is 18.3 Å². The molecule has 4 nitrogen and oxygen atoms in total. The van der Waals surface area contributed by atoms with Gasteiger partial charge in [-0.2, -0.15) is 5.26 Å². The van der Waals surface area contributed by atoms with Gasteiger partial charge >= 0.3 is 0 Å². The number of pyridine rings is 1. The zero-order valence-electron chi connectivity index (χ0n) is 10.7. The van der Waals surface area contributed by atoms with Crippen molar-refractivity contribution in [3.05, 3.63) is 24.0 Å². The summed E-state index contributed by atoms with van der Waals surface area (Å²) in [7, 11) is 1.96. The lowest BCUT2D eigenvalue weighted by Crippen LogP contribution is -2.23. The van der Waals surface area contributed by atoms with Gasteiger partial charge in [-0.3, -0.25) is 4.98 Å². The second kappa shape index (κ2) is 6.21. The molecular formula is C13H20N4. The Balaban J connectivity index is 2.71. The van der Waals surface area contributed by atoms with E-state index in [0.29, 0.717) is 6.54 Å². The van der Waals surface area contributed by atoms with Crippen molar-refractivity contribution in [2.24, 2.45) is 11.7 Å². The average molecular weight is 232 g/mol. The van der Waals surface area contributed by atoms with E-state index in [0.717, 1.165) is 17.8 Å². The highest BCUT2D eigenvalue weighted by atomic mass is 15.1. The molecule has 1 rings (SSSR count). The van der Waals surface area contributed by atoms with Crippen LogP contribution in [0.3, 0.4) is 0 Å². The number of hydrogen-bond acceptors (Lipinski definition) is 4. The molecule has 1 aromatic rings. The molecule has 1 unspecified atom stereocenters. The van der Waals surface area contributed by atoms with Crippen molar-refractivity contribution in [1.29, 1.82) is 5.26 Å². The number of anilines is 1. The summed E-state index contributed by atoms with van der Waals surface area (Å²) in [5, 5.41) is 8.77. The first-order chi connectivity index (χ1) is 8.08. The Morgan fingerprint density at radius 2 is 2.24 bits per heavy atom. The lowest BCUT2D eigenvalue weighted by Gasteiger charge is -2.20. The number of nitrogens with zero attached hydrogens (tertiary/aromatic N) is 3. The van der Waals surface area contributed by atoms with E-state index in [1.165, 1.54) is 0 Å². The van der Waals surface area contributed by atoms with Crippen molar-refractivity contribution in [3.63, 3.8) is 0 Å². The molecular weight excluding hydrogens is 212 g/mol. The quantitative estimate of drug-likeness (QED) is 0.844. The van der Waals surface area contributed by atoms with Gasteiger partial charge in [0.05, 0.1) is 29.6 Å². The second-order valence-electron chi connectivity index (χ2n) is 4.37. The summed E-state index contributed by atoms with van der Waals surface area (Å²) in [5.41, 5.74) is 7.83. The molecule has 0 bridgehead atoms. The van der Waals surface area contributed by atoms with Gasteiger partial charge in [-0.1, -0.05) is 6.92 Å². The normalized spacial score (nSPS) is 13.8. The monoisotopic (exact) mass is 232 g/mol. The topological polar surface area (TPSA) is 65.9 Å². The van der Waals surface area contributed by atoms with Crippen LogP contribution in [0, 0.1) is 17.2 Å². The van der Waals surface area contributed by atoms with Crippen molar-refractivity contribution in [2.75, 3.05) is 18.5 Å². The molecule has 2 atom stereocenters. The standard InChI is InChI=1S/C13H20N4/c1-4-12(15)13-6-5-11(8-16-13)17(3)9-10(2)7-14/h5-6,8,10,12H,4,9,15H2,1-3H3/t10?,12-/m1/s1. The van der Waals surface area contributed by atoms with Gasteiger partial charge in [-0.15, -0.1) is 0 Å². The predicted molar refractivity (Wildman–Crippen MR) is 69.5 cm³/mol. The summed E-state index contributed by atoms with van der Waals surface area (Å²) in [6, 6.07) is 6.19. The maximum atomic E-state index is 8.77. The molecule has 0 saturated carbocycles. The number of aromatic nitrogens is 1. The molecule has 17 heavy (non-hydrogen) atoms. The maximum Gasteiger partial charge on any atom is 0.0671 e. The van der Waals surface area contributed by atoms with Crippen LogP contribution in [0.2, 0.25) is 0 Å². The summed E-state index contributed by atoms with van der Waals surface area (Å²) >= 11 is 0. The van der Waals surface area contributed by atoms with Crippen molar-refractivity contribution in [1.82, 2.24) is 4.98 Å². The van der Waals surface area contributed by atoms with Gasteiger partial charge < -0.3 is 10.6 Å². The predicted octanol–water partition coefficient (Wildman–Crippen LogP) is 2.09. The van der Waals surface area contributed by atoms with Crippen molar-refractivity contribution in [3.8, 4) is 6.07 Å². The van der Waals surface area contributed by atoms with Crippen molar-refractivity contribution in [2.45, 2.75) is 26.3 Å². The van der Waals surface area contributed by atoms with Gasteiger partial charge in [0.25, 0.3) is 0 Å². The fraction of sp³-hybridized carbons (Fsp3) is 0.538. The van der Waals surface area contributed by atoms with Crippen LogP contribution in [0.25, 0.3) is 0 Å². The molecule has 0 aliphatic heterocycles. The molecule has 1 heterocycles. The fourth-order valence-corrected chi connectivity index (χ4v) is 1.61. The zero-order chi connectivity index (χ0) is 12.8. The molecule has 0 saturated heterocycles. The smallest absolute Gasteiger partial charge is 0.0671 e. The Hall–Kier alpha value is -1.60. The van der Waals surface area contributed by atoms with Gasteiger partial charge in [-0.25, -0.2) is 0 Å². The third kappa shape index (κ3) is 3.72. The van der Waals surface area contributed by atoms with E-state index in [1.54, 1.807) is 0 Å². The highest BCUT2D eigenvalue weighted by molar-refractivity contribution is 5.44. The van der Waals surface area contributed by atoms with Crippen LogP contribution < -0.4 is 10.6 Å². The summed E-state index contributed by atoms with van der Waals surface area (Å²) in [4.78, 5) is 6.38. The minimum Gasteiger partial charge on any atom is -0.372 e. The lowest BCUT2D eigenvalue weighted by atomic mass is 10.1. The van der Waals surface area contributed by atoms with E-state index in [1.807, 2.05) is 44.1 Å². The van der Waals surface area contributed by atoms with E-state index in [-0.39, 0.29) is 12.0 Å². The zero-order valence-corrected chi connectivity index (χ0v) is 10.7. The van der Waals surface area contributed by atoms with Crippen molar-refractivity contribution < 1.29 is 0 Å². The SMILES string of the molecule is CC[C@@H](N)c1ccc(N(C)CC(C)C#N)cn1. The molecule has 2 N–H and O–H groups in total. The van der Waals surface area contributed by atoms with E-state index in [9.17, 15) is 0 Å². The first-order valence-electron chi connectivity index (χ1n) is 5.90. The van der Waals surface area contributed by atoms with Crippen LogP contribution in [-0.4, -0.2) is 18.6 Å². The van der Waals surface area contributed by atoms with Crippen LogP contribution >= 0.6 is 0 Å². The molecule has 4 heteroatoms. The summed E-state index contributed by atoms with van der Waals surface area (Å²) < 4.78 is 0. The first-order valence-corrected chi connectivity index (χ1v) is 5.90. The second-order valence-corrected chi connectivity index (χ2v) is 4.37. The molecule has 0 aliphatic rings. The van der Waals surface area contributed by atoms with Crippen LogP contribution in [0.1, 0.15) is 32.0 Å². The number of rotatable bonds is 5. The molecule has 0 aromatic carbocycles. The number of nitrogens with two attached hydrogens (primary N) is 1. The average Bonchev–Trinajstić information content (AvgIpc) is 2.37. The van der Waals surface area contributed by atoms with Gasteiger partial charge in [0.1, 0.15) is 0 Å². The molecule has 92 valence electrons. The molecule has 0 radical (unpaired) electrons. The van der Waals surface area contributed by atoms with Gasteiger partial charge in [0, 0.05) is 19.6 Å². The molecule has 0 fully saturated rings. The van der Waals surface area contributed by atoms with Gasteiger partial charge in [0.15, 0.2) is 0 Å². The number of hydrogen-bond donors (Lipinski definition) is 1. The maximum absolute atomic E-state index is 8.77. The molecule has 0 spiro atoms. The van der Waals surface area contributed by atoms with Crippen molar-refractivity contribution >= 4 is 5.69 Å². The Bertz CT molecular complexity index is 379. The van der Waals surface area contributed by atoms with Gasteiger partial charge in [-0.05, 0) is 25.5 Å². The molecule has 1 aromatic heterocycles. The fourth-order valence-electron chi connectivity index (χ4n) is 1.61. The van der Waals surface area contributed by atoms with Crippen LogP contribution in [-0.2, 0) is 0 Å². The largest absolute Gasteiger partial charge is 0.372 e. The third-order valence-corrected chi connectivity index (χ3v) is 2.80. The summed E-state index contributed by atoms with van der Waals surface area (Å²) in [6.45, 7) is 4.66. The Morgan fingerprint density at radius 3 is 2.71 bits per heavy atom. The van der Waals surface area contributed by atoms with E-state index in [4.69, 9.17) is 11.0 Å². The highest BCUT2D eigenvalue weighted by Crippen LogP contribution is 2.16. The third-order valence-electron chi connectivity index (χ3n) is 2.80. The summed E-state index contributed by atoms with van der Waals surface area (Å²) in [5.74, 6) is 0.0116. The van der Waals surface area contributed by atoms with Crippen LogP contribution in [0.4, 0.5) is 5.69 Å². The Labute approximate surface area is 103 Å². The number of nitriles is 1. The van der Waals surface area contributed by atoms with E-state index in [2.05, 4.69) is 11.1 Å². The minimum absolute atomic E-state index is 0.00684. The van der Waals surface area contributed by atoms with E-state index < -0.39 is 0 Å². The molecule has 0 aliphatic carbocycles. The minimum atomic E-state index is 0.00684. The summed E-state index contributed by atoms with van der Waals surface area (Å²) in [6.07, 6.45) is 2.70. The lowest BCUT2D eigenvalue weighted by molar-refractivity contribution is 0.673. The molecule has 0 amide bonds. The Kier molecular flexibility index (Phi) is 4.92.